The SMILES string of the molecule is CCC/C=C(N)/N=C(Cl)\C(F)=C(/C)c1c(C)cccc1C. The molecule has 1 aromatic carbocycles. The highest BCUT2D eigenvalue weighted by atomic mass is 35.5. The maximum atomic E-state index is 14.5. The molecule has 0 amide bonds. The lowest BCUT2D eigenvalue weighted by Crippen LogP contribution is -2.01. The molecule has 0 spiro atoms. The number of aliphatic imine (C=N–C) groups is 1. The summed E-state index contributed by atoms with van der Waals surface area (Å²) in [6.07, 6.45) is 3.48. The highest BCUT2D eigenvalue weighted by Crippen LogP contribution is 2.27. The molecule has 4 heteroatoms. The minimum atomic E-state index is -0.540. The summed E-state index contributed by atoms with van der Waals surface area (Å²) >= 11 is 5.95. The zero-order valence-corrected chi connectivity index (χ0v) is 13.8. The van der Waals surface area contributed by atoms with Crippen molar-refractivity contribution in [1.29, 1.82) is 0 Å². The van der Waals surface area contributed by atoms with E-state index in [9.17, 15) is 4.39 Å². The molecule has 0 aliphatic carbocycles. The highest BCUT2D eigenvalue weighted by Gasteiger charge is 2.13. The number of aryl methyl sites for hydroxylation is 2. The maximum absolute atomic E-state index is 14.5. The first kappa shape index (κ1) is 17.4. The third-order valence-electron chi connectivity index (χ3n) is 3.24. The van der Waals surface area contributed by atoms with E-state index in [1.807, 2.05) is 39.0 Å². The van der Waals surface area contributed by atoms with Crippen LogP contribution in [-0.2, 0) is 0 Å². The van der Waals surface area contributed by atoms with Gasteiger partial charge in [-0.3, -0.25) is 0 Å². The first-order valence-electron chi connectivity index (χ1n) is 7.01. The van der Waals surface area contributed by atoms with Gasteiger partial charge in [-0.25, -0.2) is 9.38 Å². The average Bonchev–Trinajstić information content (AvgIpc) is 2.43. The average molecular weight is 309 g/mol. The molecule has 0 bridgehead atoms. The summed E-state index contributed by atoms with van der Waals surface area (Å²) in [5, 5.41) is -0.208. The summed E-state index contributed by atoms with van der Waals surface area (Å²) in [5.41, 5.74) is 9.04. The number of nitrogens with two attached hydrogens (primary N) is 1. The molecule has 0 aliphatic heterocycles. The highest BCUT2D eigenvalue weighted by molar-refractivity contribution is 6.69. The zero-order chi connectivity index (χ0) is 16.0. The van der Waals surface area contributed by atoms with Gasteiger partial charge in [0.05, 0.1) is 0 Å². The largest absolute Gasteiger partial charge is 0.384 e. The van der Waals surface area contributed by atoms with Gasteiger partial charge in [-0.15, -0.1) is 0 Å². The van der Waals surface area contributed by atoms with Gasteiger partial charge in [0, 0.05) is 0 Å². The van der Waals surface area contributed by atoms with Crippen LogP contribution in [0.5, 0.6) is 0 Å². The molecule has 0 heterocycles. The van der Waals surface area contributed by atoms with Crippen LogP contribution in [0.1, 0.15) is 43.4 Å². The molecule has 21 heavy (non-hydrogen) atoms. The van der Waals surface area contributed by atoms with Gasteiger partial charge in [0.25, 0.3) is 0 Å². The van der Waals surface area contributed by atoms with Crippen molar-refractivity contribution in [2.75, 3.05) is 0 Å². The number of halogens is 2. The topological polar surface area (TPSA) is 38.4 Å². The van der Waals surface area contributed by atoms with E-state index in [0.717, 1.165) is 29.5 Å². The quantitative estimate of drug-likeness (QED) is 0.742. The Balaban J connectivity index is 3.20. The standard InChI is InChI=1S/C17H22ClFN2/c1-5-6-10-14(20)21-17(18)16(19)13(4)15-11(2)8-7-9-12(15)3/h7-10H,5-6,20H2,1-4H3/b14-10+,16-13-,21-17+. The van der Waals surface area contributed by atoms with Crippen LogP contribution in [0.15, 0.2) is 40.9 Å². The Morgan fingerprint density at radius 2 is 1.90 bits per heavy atom. The molecule has 2 nitrogen and oxygen atoms in total. The Morgan fingerprint density at radius 3 is 2.43 bits per heavy atom. The summed E-state index contributed by atoms with van der Waals surface area (Å²) in [7, 11) is 0. The lowest BCUT2D eigenvalue weighted by atomic mass is 9.96. The van der Waals surface area contributed by atoms with E-state index in [4.69, 9.17) is 17.3 Å². The third-order valence-corrected chi connectivity index (χ3v) is 3.49. The van der Waals surface area contributed by atoms with Crippen LogP contribution < -0.4 is 5.73 Å². The Morgan fingerprint density at radius 1 is 1.33 bits per heavy atom. The fraction of sp³-hybridized carbons (Fsp3) is 0.353. The van der Waals surface area contributed by atoms with Gasteiger partial charge in [-0.1, -0.05) is 43.1 Å². The fourth-order valence-corrected chi connectivity index (χ4v) is 2.41. The predicted octanol–water partition coefficient (Wildman–Crippen LogP) is 5.24. The number of unbranched alkanes of at least 4 members (excludes halogenated alkanes) is 1. The molecule has 1 rings (SSSR count). The van der Waals surface area contributed by atoms with E-state index in [1.54, 1.807) is 13.0 Å². The monoisotopic (exact) mass is 308 g/mol. The lowest BCUT2D eigenvalue weighted by Gasteiger charge is -2.11. The summed E-state index contributed by atoms with van der Waals surface area (Å²) in [5.74, 6) is -0.298. The molecule has 0 fully saturated rings. The van der Waals surface area contributed by atoms with Crippen LogP contribution in [0, 0.1) is 13.8 Å². The van der Waals surface area contributed by atoms with Crippen LogP contribution in [0.2, 0.25) is 0 Å². The van der Waals surface area contributed by atoms with Crippen molar-refractivity contribution in [2.45, 2.75) is 40.5 Å². The number of rotatable bonds is 5. The first-order chi connectivity index (χ1) is 9.88. The van der Waals surface area contributed by atoms with Gasteiger partial charge in [-0.05, 0) is 55.5 Å². The molecule has 0 saturated carbocycles. The smallest absolute Gasteiger partial charge is 0.167 e. The van der Waals surface area contributed by atoms with Crippen molar-refractivity contribution in [1.82, 2.24) is 0 Å². The number of nitrogens with zero attached hydrogens (tertiary/aromatic N) is 1. The number of benzene rings is 1. The minimum Gasteiger partial charge on any atom is -0.384 e. The number of hydrogen-bond acceptors (Lipinski definition) is 2. The van der Waals surface area contributed by atoms with Gasteiger partial charge in [0.15, 0.2) is 11.0 Å². The molecule has 0 aliphatic rings. The van der Waals surface area contributed by atoms with Crippen molar-refractivity contribution in [3.63, 3.8) is 0 Å². The van der Waals surface area contributed by atoms with Crippen molar-refractivity contribution in [3.05, 3.63) is 52.6 Å². The van der Waals surface area contributed by atoms with Crippen LogP contribution in [0.4, 0.5) is 4.39 Å². The summed E-state index contributed by atoms with van der Waals surface area (Å²) in [4.78, 5) is 3.91. The normalized spacial score (nSPS) is 14.2. The van der Waals surface area contributed by atoms with Gasteiger partial charge in [0.1, 0.15) is 5.82 Å². The number of hydrogen-bond donors (Lipinski definition) is 1. The van der Waals surface area contributed by atoms with E-state index >= 15 is 0 Å². The second kappa shape index (κ2) is 7.99. The van der Waals surface area contributed by atoms with Crippen LogP contribution >= 0.6 is 11.6 Å². The maximum Gasteiger partial charge on any atom is 0.167 e. The predicted molar refractivity (Wildman–Crippen MR) is 90.1 cm³/mol. The molecule has 1 aromatic rings. The van der Waals surface area contributed by atoms with E-state index in [2.05, 4.69) is 4.99 Å². The second-order valence-corrected chi connectivity index (χ2v) is 5.38. The second-order valence-electron chi connectivity index (χ2n) is 5.03. The number of allylic oxidation sites excluding steroid dienone is 3. The molecule has 0 saturated heterocycles. The first-order valence-corrected chi connectivity index (χ1v) is 7.39. The van der Waals surface area contributed by atoms with Gasteiger partial charge in [-0.2, -0.15) is 0 Å². The van der Waals surface area contributed by atoms with Crippen molar-refractivity contribution >= 4 is 22.3 Å². The molecule has 0 aromatic heterocycles. The van der Waals surface area contributed by atoms with Gasteiger partial charge < -0.3 is 5.73 Å². The Hall–Kier alpha value is -1.61. The van der Waals surface area contributed by atoms with Crippen molar-refractivity contribution in [2.24, 2.45) is 10.7 Å². The Labute approximate surface area is 131 Å². The lowest BCUT2D eigenvalue weighted by molar-refractivity contribution is 0.686. The fourth-order valence-electron chi connectivity index (χ4n) is 2.17. The van der Waals surface area contributed by atoms with Crippen LogP contribution in [-0.4, -0.2) is 5.17 Å². The molecular formula is C17H22ClFN2. The molecular weight excluding hydrogens is 287 g/mol. The molecule has 0 radical (unpaired) electrons. The summed E-state index contributed by atoms with van der Waals surface area (Å²) in [6.45, 7) is 7.62. The van der Waals surface area contributed by atoms with E-state index in [0.29, 0.717) is 5.57 Å². The molecule has 2 N–H and O–H groups in total. The third kappa shape index (κ3) is 4.71. The van der Waals surface area contributed by atoms with E-state index in [-0.39, 0.29) is 11.0 Å². The minimum absolute atomic E-state index is 0.208. The van der Waals surface area contributed by atoms with Crippen molar-refractivity contribution < 1.29 is 4.39 Å². The summed E-state index contributed by atoms with van der Waals surface area (Å²) < 4.78 is 14.5. The van der Waals surface area contributed by atoms with Crippen LogP contribution in [0.25, 0.3) is 5.57 Å². The molecule has 0 unspecified atom stereocenters. The Kier molecular flexibility index (Phi) is 6.63. The molecule has 0 atom stereocenters. The van der Waals surface area contributed by atoms with E-state index in [1.165, 1.54) is 0 Å². The van der Waals surface area contributed by atoms with Crippen molar-refractivity contribution in [3.8, 4) is 0 Å². The van der Waals surface area contributed by atoms with Crippen LogP contribution in [0.3, 0.4) is 0 Å². The Bertz CT molecular complexity index is 581. The summed E-state index contributed by atoms with van der Waals surface area (Å²) in [6, 6.07) is 5.83. The zero-order valence-electron chi connectivity index (χ0n) is 13.0. The molecule has 114 valence electrons. The van der Waals surface area contributed by atoms with E-state index < -0.39 is 5.83 Å². The van der Waals surface area contributed by atoms with Gasteiger partial charge in [0.2, 0.25) is 0 Å². The van der Waals surface area contributed by atoms with Gasteiger partial charge >= 0.3 is 0 Å².